The van der Waals surface area contributed by atoms with E-state index in [2.05, 4.69) is 11.7 Å². The van der Waals surface area contributed by atoms with Crippen LogP contribution in [0.1, 0.15) is 68.1 Å². The van der Waals surface area contributed by atoms with E-state index >= 15 is 0 Å². The number of alkyl halides is 5. The minimum absolute atomic E-state index is 0.319. The van der Waals surface area contributed by atoms with Crippen molar-refractivity contribution in [3.63, 3.8) is 0 Å². The Balaban J connectivity index is 1.67. The highest BCUT2D eigenvalue weighted by Crippen LogP contribution is 2.39. The topological polar surface area (TPSA) is 9.23 Å². The van der Waals surface area contributed by atoms with Gasteiger partial charge in [0.25, 0.3) is 0 Å². The van der Waals surface area contributed by atoms with Crippen LogP contribution >= 0.6 is 0 Å². The Morgan fingerprint density at radius 3 is 2.07 bits per heavy atom. The van der Waals surface area contributed by atoms with Crippen LogP contribution in [0, 0.1) is 11.7 Å². The predicted octanol–water partition coefficient (Wildman–Crippen LogP) is 8.05. The summed E-state index contributed by atoms with van der Waals surface area (Å²) >= 11 is 0. The molecule has 0 aromatic heterocycles. The Morgan fingerprint density at radius 1 is 0.900 bits per heavy atom. The summed E-state index contributed by atoms with van der Waals surface area (Å²) in [6.45, 7) is 2.17. The van der Waals surface area contributed by atoms with Crippen LogP contribution in [0.5, 0.6) is 5.75 Å². The Hall–Kier alpha value is -2.18. The van der Waals surface area contributed by atoms with E-state index in [-0.39, 0.29) is 0 Å². The summed E-state index contributed by atoms with van der Waals surface area (Å²) in [5.74, 6) is -1.26. The lowest BCUT2D eigenvalue weighted by Gasteiger charge is -2.29. The molecule has 0 unspecified atom stereocenters. The summed E-state index contributed by atoms with van der Waals surface area (Å²) in [6.07, 6.45) is -1.98. The van der Waals surface area contributed by atoms with Crippen molar-refractivity contribution >= 4 is 0 Å². The van der Waals surface area contributed by atoms with Crippen LogP contribution in [0.25, 0.3) is 0 Å². The summed E-state index contributed by atoms with van der Waals surface area (Å²) in [4.78, 5) is 0. The fourth-order valence-corrected chi connectivity index (χ4v) is 4.14. The number of hydrogen-bond donors (Lipinski definition) is 0. The number of halogens is 6. The maximum absolute atomic E-state index is 14.5. The van der Waals surface area contributed by atoms with Crippen LogP contribution in [-0.2, 0) is 12.3 Å². The van der Waals surface area contributed by atoms with E-state index in [9.17, 15) is 26.3 Å². The summed E-state index contributed by atoms with van der Waals surface area (Å²) in [7, 11) is 0. The van der Waals surface area contributed by atoms with E-state index < -0.39 is 35.0 Å². The van der Waals surface area contributed by atoms with E-state index in [0.29, 0.717) is 24.1 Å². The number of benzene rings is 2. The second-order valence-corrected chi connectivity index (χ2v) is 7.89. The van der Waals surface area contributed by atoms with Gasteiger partial charge in [-0.15, -0.1) is 0 Å². The molecule has 0 atom stereocenters. The van der Waals surface area contributed by atoms with Gasteiger partial charge in [0.05, 0.1) is 11.1 Å². The summed E-state index contributed by atoms with van der Waals surface area (Å²) in [5.41, 5.74) is -0.979. The summed E-state index contributed by atoms with van der Waals surface area (Å²) in [6, 6.07) is 7.19. The molecule has 0 radical (unpaired) electrons. The minimum atomic E-state index is -4.91. The highest BCUT2D eigenvalue weighted by Gasteiger charge is 2.37. The fourth-order valence-electron chi connectivity index (χ4n) is 4.14. The van der Waals surface area contributed by atoms with Gasteiger partial charge >= 0.3 is 12.3 Å². The van der Waals surface area contributed by atoms with Gasteiger partial charge in [0, 0.05) is 6.07 Å². The molecule has 1 saturated carbocycles. The highest BCUT2D eigenvalue weighted by atomic mass is 19.4. The summed E-state index contributed by atoms with van der Waals surface area (Å²) < 4.78 is 84.9. The zero-order valence-electron chi connectivity index (χ0n) is 16.6. The van der Waals surface area contributed by atoms with Gasteiger partial charge < -0.3 is 4.74 Å². The average molecular weight is 430 g/mol. The quantitative estimate of drug-likeness (QED) is 0.421. The van der Waals surface area contributed by atoms with Gasteiger partial charge in [-0.25, -0.2) is 4.39 Å². The smallest absolute Gasteiger partial charge is 0.426 e. The molecule has 0 N–H and O–H groups in total. The third kappa shape index (κ3) is 5.29. The predicted molar refractivity (Wildman–Crippen MR) is 102 cm³/mol. The number of hydrogen-bond acceptors (Lipinski definition) is 1. The SMILES string of the molecule is CCC[C@H]1CC[C@H](c2ccc(C(F)(F)Oc3ccc(C(F)(F)F)c(F)c3)cc2)CC1. The molecule has 0 bridgehead atoms. The second-order valence-electron chi connectivity index (χ2n) is 7.89. The van der Waals surface area contributed by atoms with Crippen LogP contribution in [0.15, 0.2) is 42.5 Å². The molecule has 0 aliphatic heterocycles. The first-order chi connectivity index (χ1) is 14.1. The first-order valence-corrected chi connectivity index (χ1v) is 10.1. The van der Waals surface area contributed by atoms with Crippen LogP contribution in [0.4, 0.5) is 26.3 Å². The third-order valence-electron chi connectivity index (χ3n) is 5.75. The van der Waals surface area contributed by atoms with Gasteiger partial charge in [0.1, 0.15) is 11.6 Å². The lowest BCUT2D eigenvalue weighted by atomic mass is 9.77. The fraction of sp³-hybridized carbons (Fsp3) is 0.478. The van der Waals surface area contributed by atoms with E-state index in [1.54, 1.807) is 12.1 Å². The Morgan fingerprint density at radius 2 is 1.53 bits per heavy atom. The molecule has 7 heteroatoms. The molecule has 0 heterocycles. The number of rotatable bonds is 6. The van der Waals surface area contributed by atoms with Crippen molar-refractivity contribution in [1.82, 2.24) is 0 Å². The molecule has 0 amide bonds. The Kier molecular flexibility index (Phi) is 6.68. The lowest BCUT2D eigenvalue weighted by Crippen LogP contribution is -2.22. The van der Waals surface area contributed by atoms with Crippen molar-refractivity contribution < 1.29 is 31.1 Å². The van der Waals surface area contributed by atoms with Crippen LogP contribution in [0.3, 0.4) is 0 Å². The maximum atomic E-state index is 14.5. The molecule has 1 fully saturated rings. The molecule has 0 saturated heterocycles. The van der Waals surface area contributed by atoms with Gasteiger partial charge in [-0.3, -0.25) is 0 Å². The van der Waals surface area contributed by atoms with E-state index in [1.165, 1.54) is 25.0 Å². The molecule has 164 valence electrons. The Bertz CT molecular complexity index is 836. The molecule has 2 aromatic carbocycles. The van der Waals surface area contributed by atoms with Crippen molar-refractivity contribution in [3.8, 4) is 5.75 Å². The van der Waals surface area contributed by atoms with Crippen LogP contribution < -0.4 is 4.74 Å². The van der Waals surface area contributed by atoms with Crippen molar-refractivity contribution in [2.45, 2.75) is 63.7 Å². The highest BCUT2D eigenvalue weighted by molar-refractivity contribution is 5.33. The third-order valence-corrected chi connectivity index (χ3v) is 5.75. The molecule has 0 spiro atoms. The zero-order valence-corrected chi connectivity index (χ0v) is 16.6. The second kappa shape index (κ2) is 8.90. The first-order valence-electron chi connectivity index (χ1n) is 10.1. The van der Waals surface area contributed by atoms with E-state index in [0.717, 1.165) is 37.2 Å². The van der Waals surface area contributed by atoms with Crippen molar-refractivity contribution in [2.24, 2.45) is 5.92 Å². The van der Waals surface area contributed by atoms with Gasteiger partial charge in [-0.05, 0) is 67.3 Å². The van der Waals surface area contributed by atoms with E-state index in [1.807, 2.05) is 0 Å². The normalized spacial score (nSPS) is 20.2. The standard InChI is InChI=1S/C23H24F6O/c1-2-3-15-4-6-16(7-5-15)17-8-10-18(11-9-17)23(28,29)30-19-12-13-20(21(24)14-19)22(25,26)27/h8-16H,2-7H2,1H3/t15-,16-. The van der Waals surface area contributed by atoms with Gasteiger partial charge in [-0.2, -0.15) is 22.0 Å². The lowest BCUT2D eigenvalue weighted by molar-refractivity contribution is -0.185. The molecule has 3 rings (SSSR count). The monoisotopic (exact) mass is 430 g/mol. The molecular weight excluding hydrogens is 406 g/mol. The molecular formula is C23H24F6O. The maximum Gasteiger partial charge on any atom is 0.426 e. The molecule has 1 nitrogen and oxygen atoms in total. The molecule has 2 aromatic rings. The van der Waals surface area contributed by atoms with Crippen LogP contribution in [-0.4, -0.2) is 0 Å². The van der Waals surface area contributed by atoms with Crippen molar-refractivity contribution in [2.75, 3.05) is 0 Å². The largest absolute Gasteiger partial charge is 0.429 e. The minimum Gasteiger partial charge on any atom is -0.429 e. The van der Waals surface area contributed by atoms with Crippen molar-refractivity contribution in [3.05, 3.63) is 65.0 Å². The molecule has 30 heavy (non-hydrogen) atoms. The van der Waals surface area contributed by atoms with Crippen LogP contribution in [0.2, 0.25) is 0 Å². The average Bonchev–Trinajstić information content (AvgIpc) is 2.68. The van der Waals surface area contributed by atoms with Gasteiger partial charge in [0.15, 0.2) is 0 Å². The first kappa shape index (κ1) is 22.5. The number of ether oxygens (including phenoxy) is 1. The van der Waals surface area contributed by atoms with Gasteiger partial charge in [0.2, 0.25) is 0 Å². The molecule has 1 aliphatic carbocycles. The van der Waals surface area contributed by atoms with E-state index in [4.69, 9.17) is 0 Å². The molecule has 1 aliphatic rings. The van der Waals surface area contributed by atoms with Gasteiger partial charge in [-0.1, -0.05) is 31.9 Å². The zero-order chi connectivity index (χ0) is 21.9. The Labute approximate surface area is 172 Å². The van der Waals surface area contributed by atoms with Crippen molar-refractivity contribution in [1.29, 1.82) is 0 Å². The summed E-state index contributed by atoms with van der Waals surface area (Å²) in [5, 5.41) is 0.